The SMILES string of the molecule is C=CC(C)Nc1cccc(C)c1Br. The Morgan fingerprint density at radius 3 is 2.85 bits per heavy atom. The third kappa shape index (κ3) is 2.59. The first-order valence-corrected chi connectivity index (χ1v) is 5.08. The molecule has 0 amide bonds. The zero-order chi connectivity index (χ0) is 9.84. The summed E-state index contributed by atoms with van der Waals surface area (Å²) < 4.78 is 1.13. The summed E-state index contributed by atoms with van der Waals surface area (Å²) in [6.07, 6.45) is 1.88. The molecule has 0 aliphatic heterocycles. The van der Waals surface area contributed by atoms with Crippen LogP contribution in [0, 0.1) is 6.92 Å². The number of nitrogens with one attached hydrogen (secondary N) is 1. The van der Waals surface area contributed by atoms with Crippen LogP contribution in [0.25, 0.3) is 0 Å². The highest BCUT2D eigenvalue weighted by Gasteiger charge is 2.02. The third-order valence-corrected chi connectivity index (χ3v) is 2.98. The quantitative estimate of drug-likeness (QED) is 0.793. The molecule has 0 bridgehead atoms. The molecular weight excluding hydrogens is 226 g/mol. The van der Waals surface area contributed by atoms with Crippen molar-refractivity contribution in [3.63, 3.8) is 0 Å². The van der Waals surface area contributed by atoms with Crippen LogP contribution in [0.4, 0.5) is 5.69 Å². The maximum absolute atomic E-state index is 3.73. The Kier molecular flexibility index (Phi) is 3.55. The van der Waals surface area contributed by atoms with Crippen molar-refractivity contribution < 1.29 is 0 Å². The summed E-state index contributed by atoms with van der Waals surface area (Å²) >= 11 is 3.54. The van der Waals surface area contributed by atoms with E-state index in [4.69, 9.17) is 0 Å². The van der Waals surface area contributed by atoms with Crippen LogP contribution in [-0.2, 0) is 0 Å². The second-order valence-corrected chi connectivity index (χ2v) is 3.90. The van der Waals surface area contributed by atoms with Gasteiger partial charge in [0.25, 0.3) is 0 Å². The Hall–Kier alpha value is -0.760. The minimum atomic E-state index is 0.290. The Balaban J connectivity index is 2.88. The van der Waals surface area contributed by atoms with Crippen molar-refractivity contribution in [1.29, 1.82) is 0 Å². The molecule has 1 atom stereocenters. The molecule has 1 aromatic carbocycles. The summed E-state index contributed by atoms with van der Waals surface area (Å²) in [6.45, 7) is 7.88. The first kappa shape index (κ1) is 10.3. The van der Waals surface area contributed by atoms with E-state index in [0.29, 0.717) is 0 Å². The van der Waals surface area contributed by atoms with Crippen LogP contribution >= 0.6 is 15.9 Å². The van der Waals surface area contributed by atoms with Gasteiger partial charge in [-0.05, 0) is 41.4 Å². The van der Waals surface area contributed by atoms with Gasteiger partial charge in [-0.15, -0.1) is 6.58 Å². The molecule has 0 saturated heterocycles. The first-order valence-electron chi connectivity index (χ1n) is 4.29. The molecule has 0 radical (unpaired) electrons. The highest BCUT2D eigenvalue weighted by Crippen LogP contribution is 2.26. The van der Waals surface area contributed by atoms with Crippen molar-refractivity contribution >= 4 is 21.6 Å². The van der Waals surface area contributed by atoms with E-state index in [0.717, 1.165) is 10.2 Å². The number of hydrogen-bond acceptors (Lipinski definition) is 1. The molecular formula is C11H14BrN. The normalized spacial score (nSPS) is 12.2. The van der Waals surface area contributed by atoms with Gasteiger partial charge in [0, 0.05) is 16.2 Å². The number of hydrogen-bond donors (Lipinski definition) is 1. The monoisotopic (exact) mass is 239 g/mol. The van der Waals surface area contributed by atoms with Crippen molar-refractivity contribution in [3.05, 3.63) is 40.9 Å². The number of benzene rings is 1. The van der Waals surface area contributed by atoms with Gasteiger partial charge in [0.2, 0.25) is 0 Å². The lowest BCUT2D eigenvalue weighted by atomic mass is 10.2. The molecule has 0 aliphatic rings. The standard InChI is InChI=1S/C11H14BrN/c1-4-9(3)13-10-7-5-6-8(2)11(10)12/h4-7,9,13H,1H2,2-3H3. The summed E-state index contributed by atoms with van der Waals surface area (Å²) in [5.74, 6) is 0. The molecule has 70 valence electrons. The number of halogens is 1. The molecule has 0 aromatic heterocycles. The summed E-state index contributed by atoms with van der Waals surface area (Å²) in [6, 6.07) is 6.46. The predicted molar refractivity (Wildman–Crippen MR) is 62.2 cm³/mol. The fourth-order valence-corrected chi connectivity index (χ4v) is 1.44. The molecule has 2 heteroatoms. The van der Waals surface area contributed by atoms with Gasteiger partial charge in [-0.2, -0.15) is 0 Å². The Morgan fingerprint density at radius 1 is 1.54 bits per heavy atom. The molecule has 0 aliphatic carbocycles. The maximum Gasteiger partial charge on any atom is 0.0491 e. The molecule has 1 rings (SSSR count). The van der Waals surface area contributed by atoms with Gasteiger partial charge in [0.1, 0.15) is 0 Å². The van der Waals surface area contributed by atoms with Crippen LogP contribution in [0.15, 0.2) is 35.3 Å². The first-order chi connectivity index (χ1) is 6.15. The van der Waals surface area contributed by atoms with E-state index in [1.807, 2.05) is 12.1 Å². The smallest absolute Gasteiger partial charge is 0.0491 e. The van der Waals surface area contributed by atoms with Gasteiger partial charge in [-0.25, -0.2) is 0 Å². The fourth-order valence-electron chi connectivity index (χ4n) is 1.06. The molecule has 1 aromatic rings. The topological polar surface area (TPSA) is 12.0 Å². The van der Waals surface area contributed by atoms with Gasteiger partial charge in [-0.3, -0.25) is 0 Å². The molecule has 1 nitrogen and oxygen atoms in total. The summed E-state index contributed by atoms with van der Waals surface area (Å²) in [5, 5.41) is 3.34. The van der Waals surface area contributed by atoms with Crippen molar-refractivity contribution in [2.45, 2.75) is 19.9 Å². The predicted octanol–water partition coefficient (Wildman–Crippen LogP) is 3.74. The second-order valence-electron chi connectivity index (χ2n) is 3.11. The lowest BCUT2D eigenvalue weighted by Gasteiger charge is -2.13. The number of rotatable bonds is 3. The highest BCUT2D eigenvalue weighted by atomic mass is 79.9. The summed E-state index contributed by atoms with van der Waals surface area (Å²) in [4.78, 5) is 0. The van der Waals surface area contributed by atoms with Gasteiger partial charge in [0.15, 0.2) is 0 Å². The summed E-state index contributed by atoms with van der Waals surface area (Å²) in [7, 11) is 0. The lowest BCUT2D eigenvalue weighted by molar-refractivity contribution is 0.998. The van der Waals surface area contributed by atoms with Crippen LogP contribution < -0.4 is 5.32 Å². The number of anilines is 1. The molecule has 0 saturated carbocycles. The van der Waals surface area contributed by atoms with E-state index in [1.54, 1.807) is 0 Å². The molecule has 1 unspecified atom stereocenters. The van der Waals surface area contributed by atoms with Crippen molar-refractivity contribution in [3.8, 4) is 0 Å². The van der Waals surface area contributed by atoms with Crippen LogP contribution in [0.2, 0.25) is 0 Å². The third-order valence-electron chi connectivity index (χ3n) is 1.93. The second kappa shape index (κ2) is 4.47. The Morgan fingerprint density at radius 2 is 2.23 bits per heavy atom. The van der Waals surface area contributed by atoms with Crippen LogP contribution in [0.3, 0.4) is 0 Å². The van der Waals surface area contributed by atoms with E-state index >= 15 is 0 Å². The lowest BCUT2D eigenvalue weighted by Crippen LogP contribution is -2.11. The maximum atomic E-state index is 3.73. The van der Waals surface area contributed by atoms with E-state index in [-0.39, 0.29) is 6.04 Å². The van der Waals surface area contributed by atoms with E-state index in [9.17, 15) is 0 Å². The van der Waals surface area contributed by atoms with Gasteiger partial charge < -0.3 is 5.32 Å². The van der Waals surface area contributed by atoms with E-state index < -0.39 is 0 Å². The van der Waals surface area contributed by atoms with Crippen LogP contribution in [-0.4, -0.2) is 6.04 Å². The van der Waals surface area contributed by atoms with E-state index in [2.05, 4.69) is 53.8 Å². The average molecular weight is 240 g/mol. The largest absolute Gasteiger partial charge is 0.378 e. The minimum absolute atomic E-state index is 0.290. The van der Waals surface area contributed by atoms with Gasteiger partial charge in [0.05, 0.1) is 0 Å². The molecule has 13 heavy (non-hydrogen) atoms. The van der Waals surface area contributed by atoms with Gasteiger partial charge >= 0.3 is 0 Å². The minimum Gasteiger partial charge on any atom is -0.378 e. The average Bonchev–Trinajstić information content (AvgIpc) is 2.13. The van der Waals surface area contributed by atoms with Crippen LogP contribution in [0.1, 0.15) is 12.5 Å². The van der Waals surface area contributed by atoms with Crippen LogP contribution in [0.5, 0.6) is 0 Å². The molecule has 0 heterocycles. The zero-order valence-corrected chi connectivity index (χ0v) is 9.56. The summed E-state index contributed by atoms with van der Waals surface area (Å²) in [5.41, 5.74) is 2.36. The number of aryl methyl sites for hydroxylation is 1. The Bertz CT molecular complexity index is 307. The Labute approximate surface area is 88.0 Å². The van der Waals surface area contributed by atoms with E-state index in [1.165, 1.54) is 5.56 Å². The zero-order valence-electron chi connectivity index (χ0n) is 7.97. The molecule has 0 fully saturated rings. The van der Waals surface area contributed by atoms with Crippen molar-refractivity contribution in [2.24, 2.45) is 0 Å². The molecule has 1 N–H and O–H groups in total. The fraction of sp³-hybridized carbons (Fsp3) is 0.273. The van der Waals surface area contributed by atoms with Crippen molar-refractivity contribution in [2.75, 3.05) is 5.32 Å². The van der Waals surface area contributed by atoms with Crippen molar-refractivity contribution in [1.82, 2.24) is 0 Å². The highest BCUT2D eigenvalue weighted by molar-refractivity contribution is 9.10. The van der Waals surface area contributed by atoms with Gasteiger partial charge in [-0.1, -0.05) is 18.2 Å². The molecule has 0 spiro atoms.